The van der Waals surface area contributed by atoms with Gasteiger partial charge in [-0.3, -0.25) is 0 Å². The van der Waals surface area contributed by atoms with Crippen LogP contribution in [0.25, 0.3) is 0 Å². The minimum absolute atomic E-state index is 0.307. The van der Waals surface area contributed by atoms with Crippen molar-refractivity contribution < 1.29 is 0 Å². The molecule has 2 saturated carbocycles. The molecule has 0 heterocycles. The molecule has 2 rings (SSSR count). The first-order valence-corrected chi connectivity index (χ1v) is 5.72. The Morgan fingerprint density at radius 1 is 1.38 bits per heavy atom. The van der Waals surface area contributed by atoms with Gasteiger partial charge in [0.2, 0.25) is 0 Å². The van der Waals surface area contributed by atoms with Gasteiger partial charge < -0.3 is 11.1 Å². The number of nitrogens with one attached hydrogen (secondary N) is 1. The number of hydrogen-bond acceptors (Lipinski definition) is 2. The third kappa shape index (κ3) is 2.05. The van der Waals surface area contributed by atoms with Crippen molar-refractivity contribution in [3.8, 4) is 0 Å². The topological polar surface area (TPSA) is 38.0 Å². The molecule has 0 aliphatic heterocycles. The van der Waals surface area contributed by atoms with Gasteiger partial charge in [0.05, 0.1) is 0 Å². The van der Waals surface area contributed by atoms with Gasteiger partial charge in [0, 0.05) is 18.6 Å². The molecule has 2 nitrogen and oxygen atoms in total. The zero-order chi connectivity index (χ0) is 9.31. The van der Waals surface area contributed by atoms with E-state index in [9.17, 15) is 0 Å². The highest BCUT2D eigenvalue weighted by Gasteiger charge is 2.53. The van der Waals surface area contributed by atoms with E-state index in [4.69, 9.17) is 5.73 Å². The van der Waals surface area contributed by atoms with E-state index in [1.807, 2.05) is 0 Å². The van der Waals surface area contributed by atoms with E-state index in [1.54, 1.807) is 0 Å². The predicted molar refractivity (Wildman–Crippen MR) is 55.6 cm³/mol. The van der Waals surface area contributed by atoms with Gasteiger partial charge in [0.15, 0.2) is 0 Å². The normalized spacial score (nSPS) is 33.2. The van der Waals surface area contributed by atoms with Crippen LogP contribution in [0.4, 0.5) is 0 Å². The van der Waals surface area contributed by atoms with Gasteiger partial charge in [-0.25, -0.2) is 0 Å². The average Bonchev–Trinajstić information content (AvgIpc) is 2.77. The van der Waals surface area contributed by atoms with E-state index in [2.05, 4.69) is 12.2 Å². The third-order valence-electron chi connectivity index (χ3n) is 3.73. The first kappa shape index (κ1) is 9.47. The Hall–Kier alpha value is -0.0800. The summed E-state index contributed by atoms with van der Waals surface area (Å²) in [7, 11) is 0. The smallest absolute Gasteiger partial charge is 0.0136 e. The molecule has 2 aliphatic rings. The van der Waals surface area contributed by atoms with Gasteiger partial charge in [-0.1, -0.05) is 19.3 Å². The van der Waals surface area contributed by atoms with Crippen molar-refractivity contribution >= 4 is 0 Å². The molecule has 2 atom stereocenters. The molecule has 0 saturated heterocycles. The lowest BCUT2D eigenvalue weighted by Gasteiger charge is -2.22. The van der Waals surface area contributed by atoms with Gasteiger partial charge >= 0.3 is 0 Å². The van der Waals surface area contributed by atoms with Crippen LogP contribution < -0.4 is 11.1 Å². The van der Waals surface area contributed by atoms with Crippen molar-refractivity contribution in [1.29, 1.82) is 0 Å². The Bertz CT molecular complexity index is 171. The predicted octanol–water partition coefficient (Wildman–Crippen LogP) is 1.65. The second kappa shape index (κ2) is 3.58. The van der Waals surface area contributed by atoms with Crippen LogP contribution in [0.1, 0.15) is 45.4 Å². The molecule has 0 bridgehead atoms. The Kier molecular flexibility index (Phi) is 2.61. The summed E-state index contributed by atoms with van der Waals surface area (Å²) >= 11 is 0. The third-order valence-corrected chi connectivity index (χ3v) is 3.73. The monoisotopic (exact) mass is 182 g/mol. The van der Waals surface area contributed by atoms with Crippen LogP contribution in [-0.2, 0) is 0 Å². The molecule has 1 spiro atoms. The standard InChI is InChI=1S/C11H22N2/c1-9(12)8-13-10-7-11(10)5-3-2-4-6-11/h9-10,13H,2-8,12H2,1H3/t9-,10?/m0/s1. The highest BCUT2D eigenvalue weighted by molar-refractivity contribution is 5.08. The van der Waals surface area contributed by atoms with E-state index >= 15 is 0 Å². The lowest BCUT2D eigenvalue weighted by molar-refractivity contribution is 0.312. The number of hydrogen-bond donors (Lipinski definition) is 2. The summed E-state index contributed by atoms with van der Waals surface area (Å²) in [6.07, 6.45) is 8.71. The quantitative estimate of drug-likeness (QED) is 0.696. The van der Waals surface area contributed by atoms with E-state index in [-0.39, 0.29) is 0 Å². The summed E-state index contributed by atoms with van der Waals surface area (Å²) in [5.74, 6) is 0. The zero-order valence-corrected chi connectivity index (χ0v) is 8.68. The molecular weight excluding hydrogens is 160 g/mol. The van der Waals surface area contributed by atoms with Gasteiger partial charge in [0.1, 0.15) is 0 Å². The highest BCUT2D eigenvalue weighted by atomic mass is 15.0. The SMILES string of the molecule is C[C@H](N)CNC1CC12CCCCC2. The van der Waals surface area contributed by atoms with Crippen molar-refractivity contribution in [2.75, 3.05) is 6.54 Å². The van der Waals surface area contributed by atoms with Crippen LogP contribution in [0.2, 0.25) is 0 Å². The van der Waals surface area contributed by atoms with Crippen LogP contribution in [-0.4, -0.2) is 18.6 Å². The number of nitrogens with two attached hydrogens (primary N) is 1. The Morgan fingerprint density at radius 3 is 2.69 bits per heavy atom. The molecule has 2 aliphatic carbocycles. The second-order valence-electron chi connectivity index (χ2n) is 5.07. The van der Waals surface area contributed by atoms with Crippen molar-refractivity contribution in [3.05, 3.63) is 0 Å². The first-order chi connectivity index (χ1) is 6.23. The van der Waals surface area contributed by atoms with Crippen LogP contribution in [0.5, 0.6) is 0 Å². The minimum atomic E-state index is 0.307. The molecule has 0 amide bonds. The van der Waals surface area contributed by atoms with Crippen LogP contribution in [0, 0.1) is 5.41 Å². The second-order valence-corrected chi connectivity index (χ2v) is 5.07. The fraction of sp³-hybridized carbons (Fsp3) is 1.00. The maximum absolute atomic E-state index is 5.72. The maximum atomic E-state index is 5.72. The molecule has 0 aromatic carbocycles. The number of rotatable bonds is 3. The Labute approximate surface area is 81.3 Å². The van der Waals surface area contributed by atoms with Crippen LogP contribution >= 0.6 is 0 Å². The molecule has 0 aromatic rings. The fourth-order valence-corrected chi connectivity index (χ4v) is 2.77. The molecule has 2 heteroatoms. The average molecular weight is 182 g/mol. The molecule has 0 radical (unpaired) electrons. The molecular formula is C11H22N2. The van der Waals surface area contributed by atoms with Gasteiger partial charge in [-0.15, -0.1) is 0 Å². The van der Waals surface area contributed by atoms with Gasteiger partial charge in [-0.05, 0) is 31.6 Å². The largest absolute Gasteiger partial charge is 0.327 e. The Morgan fingerprint density at radius 2 is 2.08 bits per heavy atom. The van der Waals surface area contributed by atoms with Gasteiger partial charge in [0.25, 0.3) is 0 Å². The first-order valence-electron chi connectivity index (χ1n) is 5.72. The minimum Gasteiger partial charge on any atom is -0.327 e. The Balaban J connectivity index is 1.73. The van der Waals surface area contributed by atoms with Gasteiger partial charge in [-0.2, -0.15) is 0 Å². The lowest BCUT2D eigenvalue weighted by atomic mass is 9.86. The summed E-state index contributed by atoms with van der Waals surface area (Å²) in [6, 6.07) is 1.11. The van der Waals surface area contributed by atoms with E-state index in [0.717, 1.165) is 12.6 Å². The molecule has 2 fully saturated rings. The molecule has 76 valence electrons. The summed E-state index contributed by atoms with van der Waals surface area (Å²) in [6.45, 7) is 3.06. The summed E-state index contributed by atoms with van der Waals surface area (Å²) in [5.41, 5.74) is 6.44. The van der Waals surface area contributed by atoms with Crippen molar-refractivity contribution in [3.63, 3.8) is 0 Å². The molecule has 0 aromatic heterocycles. The van der Waals surface area contributed by atoms with E-state index in [1.165, 1.54) is 38.5 Å². The van der Waals surface area contributed by atoms with Crippen molar-refractivity contribution in [1.82, 2.24) is 5.32 Å². The maximum Gasteiger partial charge on any atom is 0.0136 e. The fourth-order valence-electron chi connectivity index (χ4n) is 2.77. The summed E-state index contributed by atoms with van der Waals surface area (Å²) in [4.78, 5) is 0. The van der Waals surface area contributed by atoms with E-state index < -0.39 is 0 Å². The van der Waals surface area contributed by atoms with Crippen molar-refractivity contribution in [2.24, 2.45) is 11.1 Å². The molecule has 1 unspecified atom stereocenters. The highest BCUT2D eigenvalue weighted by Crippen LogP contribution is 2.56. The van der Waals surface area contributed by atoms with Crippen LogP contribution in [0.3, 0.4) is 0 Å². The molecule has 13 heavy (non-hydrogen) atoms. The van der Waals surface area contributed by atoms with Crippen LogP contribution in [0.15, 0.2) is 0 Å². The van der Waals surface area contributed by atoms with E-state index in [0.29, 0.717) is 11.5 Å². The summed E-state index contributed by atoms with van der Waals surface area (Å²) in [5, 5.41) is 3.59. The van der Waals surface area contributed by atoms with Crippen molar-refractivity contribution in [2.45, 2.75) is 57.5 Å². The molecule has 3 N–H and O–H groups in total. The zero-order valence-electron chi connectivity index (χ0n) is 8.68. The lowest BCUT2D eigenvalue weighted by Crippen LogP contribution is -2.34. The summed E-state index contributed by atoms with van der Waals surface area (Å²) < 4.78 is 0.